The molecule has 5 N–H and O–H groups in total. The fourth-order valence-electron chi connectivity index (χ4n) is 3.28. The number of anilines is 2. The Hall–Kier alpha value is -4.13. The number of nitrogen functional groups attached to an aromatic ring is 1. The highest BCUT2D eigenvalue weighted by atomic mass is 32.2. The zero-order valence-corrected chi connectivity index (χ0v) is 18.3. The molecule has 1 unspecified atom stereocenters. The lowest BCUT2D eigenvalue weighted by Gasteiger charge is -2.30. The van der Waals surface area contributed by atoms with Crippen LogP contribution < -0.4 is 21.1 Å². The maximum absolute atomic E-state index is 13.4. The molecule has 0 aliphatic rings. The van der Waals surface area contributed by atoms with Gasteiger partial charge in [0.05, 0.1) is 4.90 Å². The average Bonchev–Trinajstić information content (AvgIpc) is 2.80. The maximum Gasteiger partial charge on any atom is 0.303 e. The van der Waals surface area contributed by atoms with E-state index in [4.69, 9.17) is 17.3 Å². The predicted octanol–water partition coefficient (Wildman–Crippen LogP) is 1.94. The third-order valence-corrected chi connectivity index (χ3v) is 5.76. The van der Waals surface area contributed by atoms with Gasteiger partial charge in [0.2, 0.25) is 15.9 Å². The summed E-state index contributed by atoms with van der Waals surface area (Å²) in [6.07, 6.45) is 5.41. The smallest absolute Gasteiger partial charge is 0.303 e. The van der Waals surface area contributed by atoms with Crippen molar-refractivity contribution in [3.63, 3.8) is 0 Å². The van der Waals surface area contributed by atoms with Crippen LogP contribution in [0.1, 0.15) is 17.2 Å². The highest BCUT2D eigenvalue weighted by Crippen LogP contribution is 2.30. The van der Waals surface area contributed by atoms with Crippen LogP contribution in [-0.4, -0.2) is 20.2 Å². The van der Waals surface area contributed by atoms with Crippen molar-refractivity contribution in [2.45, 2.75) is 17.5 Å². The van der Waals surface area contributed by atoms with Crippen LogP contribution in [0.25, 0.3) is 0 Å². The summed E-state index contributed by atoms with van der Waals surface area (Å²) in [5.74, 6) is 0.747. The Balaban J connectivity index is 2.05. The molecule has 9 heteroatoms. The first-order valence-corrected chi connectivity index (χ1v) is 11.3. The van der Waals surface area contributed by atoms with E-state index >= 15 is 0 Å². The Labute approximate surface area is 192 Å². The Bertz CT molecular complexity index is 1300. The molecule has 33 heavy (non-hydrogen) atoms. The van der Waals surface area contributed by atoms with E-state index in [-0.39, 0.29) is 17.1 Å². The summed E-state index contributed by atoms with van der Waals surface area (Å²) in [6, 6.07) is 19.8. The maximum atomic E-state index is 13.4. The normalized spacial score (nSPS) is 11.8. The van der Waals surface area contributed by atoms with Crippen molar-refractivity contribution in [3.8, 4) is 12.3 Å². The van der Waals surface area contributed by atoms with Gasteiger partial charge in [-0.3, -0.25) is 14.5 Å². The first-order chi connectivity index (χ1) is 15.7. The molecule has 3 rings (SSSR count). The van der Waals surface area contributed by atoms with Crippen LogP contribution in [0.4, 0.5) is 11.4 Å². The van der Waals surface area contributed by atoms with Gasteiger partial charge in [0.25, 0.3) is 0 Å². The van der Waals surface area contributed by atoms with Crippen LogP contribution in [0, 0.1) is 12.3 Å². The van der Waals surface area contributed by atoms with Gasteiger partial charge >= 0.3 is 5.91 Å². The largest absolute Gasteiger partial charge is 0.399 e. The number of nitrogens with one attached hydrogen (secondary N) is 1. The third-order valence-electron chi connectivity index (χ3n) is 4.83. The SMILES string of the molecule is C#CC(=O)N(c1ccc(S(N)(=O)=O)cc1)C(C(=O)NCc1ccccc1)c1cccc(N)c1. The molecule has 0 heterocycles. The summed E-state index contributed by atoms with van der Waals surface area (Å²) in [6.45, 7) is 0.223. The summed E-state index contributed by atoms with van der Waals surface area (Å²) >= 11 is 0. The highest BCUT2D eigenvalue weighted by molar-refractivity contribution is 7.89. The van der Waals surface area contributed by atoms with Crippen molar-refractivity contribution >= 4 is 33.2 Å². The van der Waals surface area contributed by atoms with Crippen molar-refractivity contribution in [1.29, 1.82) is 0 Å². The van der Waals surface area contributed by atoms with Crippen molar-refractivity contribution < 1.29 is 18.0 Å². The number of benzene rings is 3. The number of rotatable bonds is 7. The first kappa shape index (κ1) is 23.5. The summed E-state index contributed by atoms with van der Waals surface area (Å²) in [7, 11) is -3.94. The topological polar surface area (TPSA) is 136 Å². The quantitative estimate of drug-likeness (QED) is 0.364. The minimum Gasteiger partial charge on any atom is -0.399 e. The Morgan fingerprint density at radius 1 is 1.00 bits per heavy atom. The van der Waals surface area contributed by atoms with Gasteiger partial charge in [-0.2, -0.15) is 0 Å². The van der Waals surface area contributed by atoms with Crippen LogP contribution in [-0.2, 0) is 26.2 Å². The van der Waals surface area contributed by atoms with Crippen molar-refractivity contribution in [1.82, 2.24) is 5.32 Å². The van der Waals surface area contributed by atoms with Gasteiger partial charge in [0.1, 0.15) is 6.04 Å². The molecule has 8 nitrogen and oxygen atoms in total. The molecule has 0 aliphatic carbocycles. The monoisotopic (exact) mass is 462 g/mol. The second kappa shape index (κ2) is 9.99. The van der Waals surface area contributed by atoms with Gasteiger partial charge in [0.15, 0.2) is 0 Å². The molecule has 0 aromatic heterocycles. The molecule has 0 bridgehead atoms. The van der Waals surface area contributed by atoms with E-state index in [0.29, 0.717) is 11.3 Å². The lowest BCUT2D eigenvalue weighted by molar-refractivity contribution is -0.125. The molecule has 0 saturated carbocycles. The number of hydrogen-bond donors (Lipinski definition) is 3. The van der Waals surface area contributed by atoms with E-state index in [1.165, 1.54) is 24.3 Å². The molecular weight excluding hydrogens is 440 g/mol. The number of primary sulfonamides is 1. The fraction of sp³-hybridized carbons (Fsp3) is 0.0833. The minimum atomic E-state index is -3.94. The number of sulfonamides is 1. The molecule has 3 aromatic carbocycles. The van der Waals surface area contributed by atoms with E-state index in [2.05, 4.69) is 5.32 Å². The van der Waals surface area contributed by atoms with Gasteiger partial charge in [-0.25, -0.2) is 13.6 Å². The molecule has 2 amide bonds. The molecular formula is C24H22N4O4S. The van der Waals surface area contributed by atoms with Crippen LogP contribution in [0.15, 0.2) is 83.8 Å². The summed E-state index contributed by atoms with van der Waals surface area (Å²) in [5.41, 5.74) is 7.83. The van der Waals surface area contributed by atoms with Crippen molar-refractivity contribution in [2.24, 2.45) is 5.14 Å². The van der Waals surface area contributed by atoms with Gasteiger partial charge in [-0.05, 0) is 53.4 Å². The lowest BCUT2D eigenvalue weighted by Crippen LogP contribution is -2.43. The molecule has 0 radical (unpaired) electrons. The summed E-state index contributed by atoms with van der Waals surface area (Å²) in [5, 5.41) is 7.98. The molecule has 0 saturated heterocycles. The molecule has 0 spiro atoms. The number of nitrogens with two attached hydrogens (primary N) is 2. The van der Waals surface area contributed by atoms with Crippen LogP contribution in [0.3, 0.4) is 0 Å². The zero-order chi connectivity index (χ0) is 24.0. The Kier molecular flexibility index (Phi) is 7.13. The Morgan fingerprint density at radius 3 is 2.24 bits per heavy atom. The number of carbonyl (C=O) groups is 2. The number of carbonyl (C=O) groups excluding carboxylic acids is 2. The minimum absolute atomic E-state index is 0.145. The molecule has 168 valence electrons. The first-order valence-electron chi connectivity index (χ1n) is 9.80. The van der Waals surface area contributed by atoms with E-state index in [1.54, 1.807) is 24.3 Å². The van der Waals surface area contributed by atoms with Crippen LogP contribution >= 0.6 is 0 Å². The summed E-state index contributed by atoms with van der Waals surface area (Å²) in [4.78, 5) is 27.1. The van der Waals surface area contributed by atoms with Crippen LogP contribution in [0.2, 0.25) is 0 Å². The van der Waals surface area contributed by atoms with Gasteiger partial charge in [0, 0.05) is 17.9 Å². The van der Waals surface area contributed by atoms with Gasteiger partial charge in [-0.1, -0.05) is 42.5 Å². The standard InChI is InChI=1S/C24H22N4O4S/c1-2-22(29)28(20-11-13-21(14-12-20)33(26,31)32)23(18-9-6-10-19(25)15-18)24(30)27-16-17-7-4-3-5-8-17/h1,3-15,23H,16,25H2,(H,27,30)(H2,26,31,32). The van der Waals surface area contributed by atoms with Gasteiger partial charge in [-0.15, -0.1) is 6.42 Å². The van der Waals surface area contributed by atoms with E-state index < -0.39 is 27.9 Å². The molecule has 0 fully saturated rings. The number of terminal acetylenes is 1. The van der Waals surface area contributed by atoms with E-state index in [1.807, 2.05) is 36.3 Å². The molecule has 1 atom stereocenters. The second-order valence-corrected chi connectivity index (χ2v) is 8.70. The number of hydrogen-bond acceptors (Lipinski definition) is 5. The molecule has 3 aromatic rings. The fourth-order valence-corrected chi connectivity index (χ4v) is 3.79. The number of amides is 2. The predicted molar refractivity (Wildman–Crippen MR) is 126 cm³/mol. The summed E-state index contributed by atoms with van der Waals surface area (Å²) < 4.78 is 23.2. The van der Waals surface area contributed by atoms with Crippen molar-refractivity contribution in [2.75, 3.05) is 10.6 Å². The number of nitrogens with zero attached hydrogens (tertiary/aromatic N) is 1. The van der Waals surface area contributed by atoms with Gasteiger partial charge < -0.3 is 11.1 Å². The van der Waals surface area contributed by atoms with Crippen LogP contribution in [0.5, 0.6) is 0 Å². The third kappa shape index (κ3) is 5.77. The second-order valence-electron chi connectivity index (χ2n) is 7.13. The van der Waals surface area contributed by atoms with Crippen molar-refractivity contribution in [3.05, 3.63) is 90.0 Å². The Morgan fingerprint density at radius 2 is 1.67 bits per heavy atom. The zero-order valence-electron chi connectivity index (χ0n) is 17.5. The highest BCUT2D eigenvalue weighted by Gasteiger charge is 2.32. The van der Waals surface area contributed by atoms with E-state index in [9.17, 15) is 18.0 Å². The molecule has 0 aliphatic heterocycles. The van der Waals surface area contributed by atoms with E-state index in [0.717, 1.165) is 10.5 Å². The average molecular weight is 463 g/mol. The lowest BCUT2D eigenvalue weighted by atomic mass is 10.0.